The monoisotopic (exact) mass is 356 g/mol. The van der Waals surface area contributed by atoms with Crippen LogP contribution in [0.2, 0.25) is 0 Å². The predicted octanol–water partition coefficient (Wildman–Crippen LogP) is 3.47. The van der Waals surface area contributed by atoms with E-state index in [1.807, 2.05) is 30.4 Å². The highest BCUT2D eigenvalue weighted by molar-refractivity contribution is 8.18. The standard InChI is InChI=1S/C19H20N2O3S/c1-23-15-7-5-6-14-10-13(12-24-17(14)15)11-16-18(22)20-19(25-16)21-8-3-2-4-9-21/h5-7,10-11H,2-4,8-9,12H2,1H3/b16-11-. The number of carbonyl (C=O) groups is 1. The number of piperidine rings is 1. The third kappa shape index (κ3) is 3.31. The van der Waals surface area contributed by atoms with Gasteiger partial charge in [0.25, 0.3) is 5.91 Å². The summed E-state index contributed by atoms with van der Waals surface area (Å²) in [5.41, 5.74) is 1.93. The highest BCUT2D eigenvalue weighted by atomic mass is 32.2. The number of amidine groups is 1. The summed E-state index contributed by atoms with van der Waals surface area (Å²) in [4.78, 5) is 19.4. The molecule has 0 radical (unpaired) electrons. The molecule has 0 N–H and O–H groups in total. The maximum Gasteiger partial charge on any atom is 0.286 e. The highest BCUT2D eigenvalue weighted by Gasteiger charge is 2.27. The highest BCUT2D eigenvalue weighted by Crippen LogP contribution is 2.37. The van der Waals surface area contributed by atoms with Crippen LogP contribution < -0.4 is 9.47 Å². The number of hydrogen-bond acceptors (Lipinski definition) is 5. The molecular formula is C19H20N2O3S. The van der Waals surface area contributed by atoms with Crippen LogP contribution in [0.25, 0.3) is 6.08 Å². The van der Waals surface area contributed by atoms with Crippen molar-refractivity contribution in [1.82, 2.24) is 4.90 Å². The first-order valence-electron chi connectivity index (χ1n) is 8.52. The zero-order valence-corrected chi connectivity index (χ0v) is 15.0. The second-order valence-electron chi connectivity index (χ2n) is 6.24. The lowest BCUT2D eigenvalue weighted by molar-refractivity contribution is -0.113. The fourth-order valence-corrected chi connectivity index (χ4v) is 4.21. The van der Waals surface area contributed by atoms with E-state index in [-0.39, 0.29) is 5.91 Å². The summed E-state index contributed by atoms with van der Waals surface area (Å²) in [5.74, 6) is 1.33. The lowest BCUT2D eigenvalue weighted by Gasteiger charge is -2.27. The lowest BCUT2D eigenvalue weighted by atomic mass is 10.1. The second-order valence-corrected chi connectivity index (χ2v) is 7.25. The van der Waals surface area contributed by atoms with Crippen LogP contribution in [0.3, 0.4) is 0 Å². The zero-order chi connectivity index (χ0) is 17.2. The molecule has 1 aromatic carbocycles. The molecule has 0 aliphatic carbocycles. The van der Waals surface area contributed by atoms with Crippen LogP contribution in [0.5, 0.6) is 11.5 Å². The number of likely N-dealkylation sites (tertiary alicyclic amines) is 1. The van der Waals surface area contributed by atoms with E-state index in [4.69, 9.17) is 9.47 Å². The first kappa shape index (κ1) is 16.3. The van der Waals surface area contributed by atoms with Crippen LogP contribution in [0, 0.1) is 0 Å². The summed E-state index contributed by atoms with van der Waals surface area (Å²) in [7, 11) is 1.63. The van der Waals surface area contributed by atoms with Crippen molar-refractivity contribution < 1.29 is 14.3 Å². The molecule has 0 atom stereocenters. The van der Waals surface area contributed by atoms with Crippen LogP contribution in [0.15, 0.2) is 39.7 Å². The van der Waals surface area contributed by atoms with Crippen molar-refractivity contribution in [2.75, 3.05) is 26.8 Å². The van der Waals surface area contributed by atoms with Gasteiger partial charge in [0.1, 0.15) is 6.61 Å². The van der Waals surface area contributed by atoms with E-state index >= 15 is 0 Å². The third-order valence-electron chi connectivity index (χ3n) is 4.51. The molecule has 0 unspecified atom stereocenters. The van der Waals surface area contributed by atoms with E-state index in [1.54, 1.807) is 7.11 Å². The molecule has 130 valence electrons. The van der Waals surface area contributed by atoms with Crippen molar-refractivity contribution in [3.63, 3.8) is 0 Å². The summed E-state index contributed by atoms with van der Waals surface area (Å²) < 4.78 is 11.2. The number of methoxy groups -OCH3 is 1. The number of fused-ring (bicyclic) bond motifs is 1. The fourth-order valence-electron chi connectivity index (χ4n) is 3.23. The van der Waals surface area contributed by atoms with Gasteiger partial charge >= 0.3 is 0 Å². The summed E-state index contributed by atoms with van der Waals surface area (Å²) in [6, 6.07) is 5.79. The van der Waals surface area contributed by atoms with Gasteiger partial charge in [0.2, 0.25) is 0 Å². The Kier molecular flexibility index (Phi) is 4.53. The normalized spacial score (nSPS) is 21.6. The number of thioether (sulfide) groups is 1. The molecule has 0 bridgehead atoms. The van der Waals surface area contributed by atoms with Crippen LogP contribution in [0.4, 0.5) is 0 Å². The number of rotatable bonds is 2. The number of para-hydroxylation sites is 1. The number of amides is 1. The van der Waals surface area contributed by atoms with Crippen molar-refractivity contribution >= 4 is 28.9 Å². The zero-order valence-electron chi connectivity index (χ0n) is 14.2. The average molecular weight is 356 g/mol. The van der Waals surface area contributed by atoms with Gasteiger partial charge in [-0.2, -0.15) is 4.99 Å². The van der Waals surface area contributed by atoms with Crippen molar-refractivity contribution in [2.24, 2.45) is 4.99 Å². The van der Waals surface area contributed by atoms with Crippen LogP contribution in [0.1, 0.15) is 24.8 Å². The Morgan fingerprint density at radius 2 is 2.12 bits per heavy atom. The maximum absolute atomic E-state index is 12.3. The van der Waals surface area contributed by atoms with Gasteiger partial charge in [-0.15, -0.1) is 0 Å². The quantitative estimate of drug-likeness (QED) is 0.760. The van der Waals surface area contributed by atoms with Gasteiger partial charge in [-0.05, 0) is 54.8 Å². The number of nitrogens with zero attached hydrogens (tertiary/aromatic N) is 2. The van der Waals surface area contributed by atoms with Crippen molar-refractivity contribution in [3.05, 3.63) is 40.3 Å². The molecule has 0 spiro atoms. The lowest BCUT2D eigenvalue weighted by Crippen LogP contribution is -2.33. The molecule has 3 heterocycles. The van der Waals surface area contributed by atoms with Gasteiger partial charge < -0.3 is 14.4 Å². The minimum absolute atomic E-state index is 0.150. The molecule has 3 aliphatic rings. The Morgan fingerprint density at radius 3 is 2.92 bits per heavy atom. The van der Waals surface area contributed by atoms with E-state index in [1.165, 1.54) is 31.0 Å². The first-order chi connectivity index (χ1) is 12.2. The average Bonchev–Trinajstić information content (AvgIpc) is 3.02. The van der Waals surface area contributed by atoms with Gasteiger partial charge in [-0.3, -0.25) is 4.79 Å². The Hall–Kier alpha value is -2.21. The van der Waals surface area contributed by atoms with Gasteiger partial charge in [-0.25, -0.2) is 0 Å². The van der Waals surface area contributed by atoms with E-state index in [9.17, 15) is 4.79 Å². The summed E-state index contributed by atoms with van der Waals surface area (Å²) in [5, 5.41) is 0.843. The third-order valence-corrected chi connectivity index (χ3v) is 5.55. The molecule has 5 nitrogen and oxygen atoms in total. The molecule has 4 rings (SSSR count). The molecule has 0 saturated carbocycles. The van der Waals surface area contributed by atoms with E-state index in [0.29, 0.717) is 11.5 Å². The van der Waals surface area contributed by atoms with Crippen LogP contribution in [-0.4, -0.2) is 42.8 Å². The van der Waals surface area contributed by atoms with E-state index < -0.39 is 0 Å². The number of carbonyl (C=O) groups excluding carboxylic acids is 1. The van der Waals surface area contributed by atoms with Gasteiger partial charge in [0, 0.05) is 18.7 Å². The van der Waals surface area contributed by atoms with Crippen molar-refractivity contribution in [2.45, 2.75) is 19.3 Å². The summed E-state index contributed by atoms with van der Waals surface area (Å²) >= 11 is 1.47. The van der Waals surface area contributed by atoms with Crippen LogP contribution in [-0.2, 0) is 4.79 Å². The fraction of sp³-hybridized carbons (Fsp3) is 0.368. The summed E-state index contributed by atoms with van der Waals surface area (Å²) in [6.07, 6.45) is 7.55. The molecule has 0 aromatic heterocycles. The van der Waals surface area contributed by atoms with Crippen LogP contribution >= 0.6 is 11.8 Å². The first-order valence-corrected chi connectivity index (χ1v) is 9.34. The van der Waals surface area contributed by atoms with Gasteiger partial charge in [0.05, 0.1) is 12.0 Å². The van der Waals surface area contributed by atoms with Crippen molar-refractivity contribution in [3.8, 4) is 11.5 Å². The number of aliphatic imine (C=N–C) groups is 1. The Morgan fingerprint density at radius 1 is 1.28 bits per heavy atom. The number of ether oxygens (including phenoxy) is 2. The molecule has 25 heavy (non-hydrogen) atoms. The topological polar surface area (TPSA) is 51.1 Å². The Labute approximate surface area is 151 Å². The second kappa shape index (κ2) is 6.96. The molecular weight excluding hydrogens is 336 g/mol. The summed E-state index contributed by atoms with van der Waals surface area (Å²) in [6.45, 7) is 2.40. The van der Waals surface area contributed by atoms with Crippen molar-refractivity contribution in [1.29, 1.82) is 0 Å². The smallest absolute Gasteiger partial charge is 0.286 e. The molecule has 1 amide bonds. The van der Waals surface area contributed by atoms with Gasteiger partial charge in [-0.1, -0.05) is 12.1 Å². The molecule has 3 aliphatic heterocycles. The minimum Gasteiger partial charge on any atom is -0.493 e. The molecule has 1 fully saturated rings. The van der Waals surface area contributed by atoms with E-state index in [0.717, 1.165) is 40.9 Å². The van der Waals surface area contributed by atoms with Gasteiger partial charge in [0.15, 0.2) is 16.7 Å². The molecule has 1 saturated heterocycles. The molecule has 6 heteroatoms. The Balaban J connectivity index is 1.53. The number of benzene rings is 1. The predicted molar refractivity (Wildman–Crippen MR) is 100 cm³/mol. The molecule has 1 aromatic rings. The maximum atomic E-state index is 12.3. The largest absolute Gasteiger partial charge is 0.493 e. The number of hydrogen-bond donors (Lipinski definition) is 0. The Bertz CT molecular complexity index is 792. The SMILES string of the molecule is COc1cccc2c1OCC(/C=C1\SC(N3CCCCC3)=NC1=O)=C2. The minimum atomic E-state index is -0.150. The van der Waals surface area contributed by atoms with E-state index in [2.05, 4.69) is 9.89 Å².